The minimum Gasteiger partial charge on any atom is -0.450 e. The highest BCUT2D eigenvalue weighted by Crippen LogP contribution is 2.35. The Balaban J connectivity index is 1.95. The van der Waals surface area contributed by atoms with Crippen molar-refractivity contribution in [3.63, 3.8) is 0 Å². The molecule has 0 fully saturated rings. The van der Waals surface area contributed by atoms with E-state index in [0.29, 0.717) is 0 Å². The Hall–Kier alpha value is -5.13. The van der Waals surface area contributed by atoms with Gasteiger partial charge in [-0.25, -0.2) is 27.7 Å². The van der Waals surface area contributed by atoms with Gasteiger partial charge in [0.05, 0.1) is 41.1 Å². The monoisotopic (exact) mass is 537 g/mol. The fourth-order valence-corrected chi connectivity index (χ4v) is 3.78. The van der Waals surface area contributed by atoms with Gasteiger partial charge < -0.3 is 14.2 Å². The van der Waals surface area contributed by atoms with Crippen molar-refractivity contribution in [2.24, 2.45) is 0 Å². The third kappa shape index (κ3) is 5.59. The van der Waals surface area contributed by atoms with Gasteiger partial charge in [-0.05, 0) is 44.2 Å². The molecule has 10 nitrogen and oxygen atoms in total. The lowest BCUT2D eigenvalue weighted by atomic mass is 10.0. The largest absolute Gasteiger partial charge is 0.450 e. The number of benzene rings is 2. The topological polar surface area (TPSA) is 126 Å². The van der Waals surface area contributed by atoms with Crippen LogP contribution in [0.4, 0.5) is 24.1 Å². The fraction of sp³-hybridized carbons (Fsp3) is 0.148. The zero-order valence-corrected chi connectivity index (χ0v) is 20.7. The van der Waals surface area contributed by atoms with Gasteiger partial charge in [0.25, 0.3) is 0 Å². The Morgan fingerprint density at radius 2 is 1.74 bits per heavy atom. The second kappa shape index (κ2) is 11.5. The number of fused-ring (bicyclic) bond motifs is 1. The van der Waals surface area contributed by atoms with Crippen LogP contribution in [0, 0.1) is 11.6 Å². The Morgan fingerprint density at radius 3 is 2.44 bits per heavy atom. The van der Waals surface area contributed by atoms with Crippen molar-refractivity contribution in [3.8, 4) is 17.0 Å². The number of carbonyl (C=O) groups is 3. The molecule has 0 atom stereocenters. The van der Waals surface area contributed by atoms with E-state index in [2.05, 4.69) is 10.3 Å². The highest BCUT2D eigenvalue weighted by atomic mass is 19.1. The number of nitrogens with zero attached hydrogens (tertiary/aromatic N) is 2. The number of anilines is 1. The molecular weight excluding hydrogens is 516 g/mol. The molecule has 0 saturated carbocycles. The van der Waals surface area contributed by atoms with Crippen LogP contribution in [0.15, 0.2) is 65.7 Å². The van der Waals surface area contributed by atoms with Gasteiger partial charge >= 0.3 is 18.2 Å². The second-order valence-corrected chi connectivity index (χ2v) is 7.87. The number of hydrogen-bond donors (Lipinski definition) is 1. The summed E-state index contributed by atoms with van der Waals surface area (Å²) in [5, 5.41) is 2.00. The summed E-state index contributed by atoms with van der Waals surface area (Å²) in [7, 11) is 0. The van der Waals surface area contributed by atoms with Crippen LogP contribution in [-0.4, -0.2) is 40.9 Å². The minimum absolute atomic E-state index is 0.00596. The van der Waals surface area contributed by atoms with Crippen molar-refractivity contribution in [1.29, 1.82) is 0 Å². The lowest BCUT2D eigenvalue weighted by Gasteiger charge is -2.19. The van der Waals surface area contributed by atoms with E-state index in [-0.39, 0.29) is 41.2 Å². The van der Waals surface area contributed by atoms with Crippen molar-refractivity contribution in [1.82, 2.24) is 9.55 Å². The lowest BCUT2D eigenvalue weighted by Crippen LogP contribution is -2.22. The van der Waals surface area contributed by atoms with Crippen LogP contribution in [0.25, 0.3) is 22.2 Å². The van der Waals surface area contributed by atoms with E-state index in [1.165, 1.54) is 36.7 Å². The molecule has 39 heavy (non-hydrogen) atoms. The molecule has 0 aliphatic rings. The van der Waals surface area contributed by atoms with E-state index < -0.39 is 46.4 Å². The van der Waals surface area contributed by atoms with E-state index in [9.17, 15) is 23.6 Å². The number of pyridine rings is 2. The van der Waals surface area contributed by atoms with Crippen LogP contribution in [-0.2, 0) is 9.47 Å². The minimum atomic E-state index is -1.07. The molecule has 1 amide bonds. The maximum atomic E-state index is 15.3. The maximum absolute atomic E-state index is 15.3. The summed E-state index contributed by atoms with van der Waals surface area (Å²) in [5.41, 5.74) is -1.52. The standard InChI is InChI=1S/C27H21F2N3O7/c1-3-37-26(35)31-19-12-23(39-25(34)15-7-6-10-30-14-15)18(29)11-16(19)21-13-22(33)24-17(28)8-5-9-20(24)32(21)27(36)38-4-2/h5-14H,3-4H2,1-2H3,(H,31,35). The average molecular weight is 537 g/mol. The number of rotatable bonds is 6. The third-order valence-electron chi connectivity index (χ3n) is 5.40. The first-order valence-electron chi connectivity index (χ1n) is 11.7. The second-order valence-electron chi connectivity index (χ2n) is 7.87. The molecule has 0 unspecified atom stereocenters. The maximum Gasteiger partial charge on any atom is 0.418 e. The van der Waals surface area contributed by atoms with Gasteiger partial charge in [-0.3, -0.25) is 15.1 Å². The van der Waals surface area contributed by atoms with Gasteiger partial charge in [0.1, 0.15) is 5.82 Å². The summed E-state index contributed by atoms with van der Waals surface area (Å²) in [4.78, 5) is 54.6. The van der Waals surface area contributed by atoms with Gasteiger partial charge in [0, 0.05) is 30.1 Å². The van der Waals surface area contributed by atoms with Crippen LogP contribution in [0.5, 0.6) is 5.75 Å². The van der Waals surface area contributed by atoms with E-state index in [1.807, 2.05) is 0 Å². The Bertz CT molecular complexity index is 1640. The van der Waals surface area contributed by atoms with Gasteiger partial charge in [0.2, 0.25) is 0 Å². The predicted molar refractivity (Wildman–Crippen MR) is 136 cm³/mol. The van der Waals surface area contributed by atoms with Crippen LogP contribution < -0.4 is 15.5 Å². The van der Waals surface area contributed by atoms with Crippen molar-refractivity contribution in [2.75, 3.05) is 18.5 Å². The number of esters is 1. The van der Waals surface area contributed by atoms with Crippen molar-refractivity contribution in [3.05, 3.63) is 88.3 Å². The van der Waals surface area contributed by atoms with Gasteiger partial charge in [-0.15, -0.1) is 0 Å². The Labute approximate surface area is 219 Å². The smallest absolute Gasteiger partial charge is 0.418 e. The molecule has 12 heteroatoms. The van der Waals surface area contributed by atoms with Crippen LogP contribution in [0.2, 0.25) is 0 Å². The first-order chi connectivity index (χ1) is 18.7. The number of hydrogen-bond acceptors (Lipinski definition) is 8. The molecule has 200 valence electrons. The molecule has 0 saturated heterocycles. The Morgan fingerprint density at radius 1 is 0.974 bits per heavy atom. The molecule has 0 aliphatic heterocycles. The average Bonchev–Trinajstić information content (AvgIpc) is 2.91. The molecule has 2 aromatic carbocycles. The summed E-state index contributed by atoms with van der Waals surface area (Å²) in [6, 6.07) is 9.31. The van der Waals surface area contributed by atoms with Gasteiger partial charge in [0.15, 0.2) is 17.0 Å². The quantitative estimate of drug-likeness (QED) is 0.265. The number of carbonyl (C=O) groups excluding carboxylic acids is 3. The number of halogens is 2. The molecule has 0 aliphatic carbocycles. The van der Waals surface area contributed by atoms with Crippen molar-refractivity contribution >= 4 is 34.7 Å². The fourth-order valence-electron chi connectivity index (χ4n) is 3.78. The molecule has 0 spiro atoms. The van der Waals surface area contributed by atoms with E-state index >= 15 is 4.39 Å². The molecule has 2 heterocycles. The highest BCUT2D eigenvalue weighted by Gasteiger charge is 2.24. The zero-order chi connectivity index (χ0) is 28.1. The SMILES string of the molecule is CCOC(=O)Nc1cc(OC(=O)c2cccnc2)c(F)cc1-c1cc(=O)c2c(F)cccc2n1C(=O)OCC. The zero-order valence-electron chi connectivity index (χ0n) is 20.7. The molecule has 2 aromatic heterocycles. The molecule has 4 rings (SSSR count). The molecular formula is C27H21F2N3O7. The normalized spacial score (nSPS) is 10.7. The third-order valence-corrected chi connectivity index (χ3v) is 5.40. The highest BCUT2D eigenvalue weighted by molar-refractivity contribution is 5.98. The van der Waals surface area contributed by atoms with E-state index in [4.69, 9.17) is 14.2 Å². The van der Waals surface area contributed by atoms with Crippen molar-refractivity contribution in [2.45, 2.75) is 13.8 Å². The first kappa shape index (κ1) is 26.9. The van der Waals surface area contributed by atoms with Gasteiger partial charge in [-0.2, -0.15) is 0 Å². The summed E-state index contributed by atoms with van der Waals surface area (Å²) in [6.45, 7) is 3.03. The molecule has 0 radical (unpaired) electrons. The first-order valence-corrected chi connectivity index (χ1v) is 11.7. The number of ether oxygens (including phenoxy) is 3. The summed E-state index contributed by atoms with van der Waals surface area (Å²) >= 11 is 0. The van der Waals surface area contributed by atoms with Crippen LogP contribution in [0.3, 0.4) is 0 Å². The van der Waals surface area contributed by atoms with Crippen molar-refractivity contribution < 1.29 is 37.4 Å². The summed E-state index contributed by atoms with van der Waals surface area (Å²) in [5.74, 6) is -3.45. The lowest BCUT2D eigenvalue weighted by molar-refractivity contribution is 0.0727. The number of aromatic nitrogens is 2. The predicted octanol–water partition coefficient (Wildman–Crippen LogP) is 5.13. The molecule has 0 bridgehead atoms. The van der Waals surface area contributed by atoms with Crippen LogP contribution in [0.1, 0.15) is 24.2 Å². The molecule has 4 aromatic rings. The van der Waals surface area contributed by atoms with E-state index in [1.54, 1.807) is 13.8 Å². The Kier molecular flexibility index (Phi) is 7.94. The molecule has 1 N–H and O–H groups in total. The number of amides is 1. The van der Waals surface area contributed by atoms with E-state index in [0.717, 1.165) is 28.8 Å². The summed E-state index contributed by atoms with van der Waals surface area (Å²) < 4.78 is 46.0. The number of nitrogens with one attached hydrogen (secondary N) is 1. The van der Waals surface area contributed by atoms with Crippen LogP contribution >= 0.6 is 0 Å². The van der Waals surface area contributed by atoms with Gasteiger partial charge in [-0.1, -0.05) is 6.07 Å². The summed E-state index contributed by atoms with van der Waals surface area (Å²) in [6.07, 6.45) is 0.717.